The van der Waals surface area contributed by atoms with Crippen LogP contribution in [0.25, 0.3) is 0 Å². The topological polar surface area (TPSA) is 75.3 Å². The third-order valence-corrected chi connectivity index (χ3v) is 7.20. The van der Waals surface area contributed by atoms with Crippen molar-refractivity contribution in [2.24, 2.45) is 7.05 Å². The van der Waals surface area contributed by atoms with Crippen molar-refractivity contribution in [1.29, 1.82) is 0 Å². The average molecular weight is 462 g/mol. The van der Waals surface area contributed by atoms with E-state index in [1.54, 1.807) is 0 Å². The normalized spacial score (nSPS) is 19.2. The molecule has 0 unspecified atom stereocenters. The molecule has 1 fully saturated rings. The molecule has 2 aromatic heterocycles. The summed E-state index contributed by atoms with van der Waals surface area (Å²) in [5.41, 5.74) is 4.24. The first-order valence-corrected chi connectivity index (χ1v) is 12.5. The fourth-order valence-corrected chi connectivity index (χ4v) is 5.38. The van der Waals surface area contributed by atoms with Gasteiger partial charge in [0.05, 0.1) is 6.54 Å². The van der Waals surface area contributed by atoms with Gasteiger partial charge in [-0.15, -0.1) is 0 Å². The van der Waals surface area contributed by atoms with Crippen LogP contribution < -0.4 is 10.6 Å². The molecule has 180 valence electrons. The summed E-state index contributed by atoms with van der Waals surface area (Å²) in [7, 11) is 1.95. The molecule has 3 heterocycles. The van der Waals surface area contributed by atoms with Gasteiger partial charge < -0.3 is 15.1 Å². The van der Waals surface area contributed by atoms with Crippen molar-refractivity contribution >= 4 is 5.91 Å². The van der Waals surface area contributed by atoms with E-state index in [9.17, 15) is 4.79 Å². The lowest BCUT2D eigenvalue weighted by Crippen LogP contribution is -2.47. The summed E-state index contributed by atoms with van der Waals surface area (Å²) < 4.78 is 7.46. The first-order chi connectivity index (χ1) is 16.5. The predicted molar refractivity (Wildman–Crippen MR) is 132 cm³/mol. The molecule has 1 amide bonds. The van der Waals surface area contributed by atoms with Crippen LogP contribution in [0.3, 0.4) is 0 Å². The minimum absolute atomic E-state index is 0.124. The molecule has 34 heavy (non-hydrogen) atoms. The van der Waals surface area contributed by atoms with E-state index < -0.39 is 0 Å². The molecule has 0 spiro atoms. The number of hydrogen-bond acceptors (Lipinski definition) is 5. The van der Waals surface area contributed by atoms with Crippen molar-refractivity contribution in [2.75, 3.05) is 13.1 Å². The number of rotatable bonds is 7. The van der Waals surface area contributed by atoms with Crippen molar-refractivity contribution in [1.82, 2.24) is 25.3 Å². The smallest absolute Gasteiger partial charge is 0.272 e. The second-order valence-corrected chi connectivity index (χ2v) is 9.73. The maximum absolute atomic E-state index is 12.9. The molecule has 1 aliphatic heterocycles. The van der Waals surface area contributed by atoms with Crippen LogP contribution in [-0.2, 0) is 33.0 Å². The first-order valence-electron chi connectivity index (χ1n) is 12.5. The lowest BCUT2D eigenvalue weighted by atomic mass is 9.90. The molecule has 2 aliphatic rings. The highest BCUT2D eigenvalue weighted by Crippen LogP contribution is 2.26. The molecule has 1 aliphatic carbocycles. The van der Waals surface area contributed by atoms with Crippen LogP contribution >= 0.6 is 0 Å². The SMILES string of the molecule is Cc1ccc(CNC(=O)c2nn(C)c3c2C[C@H](NC2CCN(Cc4ccccc4)CC2)CC3)o1. The number of fused-ring (bicyclic) bond motifs is 1. The molecule has 0 radical (unpaired) electrons. The monoisotopic (exact) mass is 461 g/mol. The Bertz CT molecular complexity index is 1110. The molecule has 2 N–H and O–H groups in total. The lowest BCUT2D eigenvalue weighted by Gasteiger charge is -2.35. The lowest BCUT2D eigenvalue weighted by molar-refractivity contribution is 0.0941. The standard InChI is InChI=1S/C27H35N5O2/c1-19-8-10-23(34-19)17-28-27(33)26-24-16-22(9-11-25(24)31(2)30-26)29-21-12-14-32(15-13-21)18-20-6-4-3-5-7-20/h3-8,10,21-22,29H,9,11-18H2,1-2H3,(H,28,33)/t22-/m1/s1. The first kappa shape index (κ1) is 22.9. The van der Waals surface area contributed by atoms with Crippen LogP contribution in [0.4, 0.5) is 0 Å². The maximum Gasteiger partial charge on any atom is 0.272 e. The van der Waals surface area contributed by atoms with Gasteiger partial charge in [-0.1, -0.05) is 30.3 Å². The molecule has 1 aromatic carbocycles. The van der Waals surface area contributed by atoms with E-state index in [2.05, 4.69) is 51.0 Å². The van der Waals surface area contributed by atoms with Gasteiger partial charge in [-0.05, 0) is 69.8 Å². The Hall–Kier alpha value is -2.90. The van der Waals surface area contributed by atoms with Gasteiger partial charge in [-0.2, -0.15) is 5.10 Å². The van der Waals surface area contributed by atoms with Crippen LogP contribution in [0.2, 0.25) is 0 Å². The van der Waals surface area contributed by atoms with E-state index in [1.807, 2.05) is 30.8 Å². The van der Waals surface area contributed by atoms with Crippen molar-refractivity contribution in [3.63, 3.8) is 0 Å². The molecule has 0 saturated carbocycles. The molecular weight excluding hydrogens is 426 g/mol. The number of hydrogen-bond donors (Lipinski definition) is 2. The summed E-state index contributed by atoms with van der Waals surface area (Å²) in [6.07, 6.45) is 5.23. The van der Waals surface area contributed by atoms with Gasteiger partial charge in [-0.3, -0.25) is 14.4 Å². The Morgan fingerprint density at radius 3 is 2.62 bits per heavy atom. The van der Waals surface area contributed by atoms with Crippen molar-refractivity contribution in [2.45, 2.75) is 64.2 Å². The molecule has 7 nitrogen and oxygen atoms in total. The summed E-state index contributed by atoms with van der Waals surface area (Å²) >= 11 is 0. The van der Waals surface area contributed by atoms with Gasteiger partial charge in [0.25, 0.3) is 5.91 Å². The second-order valence-electron chi connectivity index (χ2n) is 9.73. The number of nitrogens with zero attached hydrogens (tertiary/aromatic N) is 3. The summed E-state index contributed by atoms with van der Waals surface area (Å²) in [5, 5.41) is 11.5. The Labute approximate surface area is 201 Å². The maximum atomic E-state index is 12.9. The molecule has 3 aromatic rings. The van der Waals surface area contributed by atoms with Gasteiger partial charge >= 0.3 is 0 Å². The van der Waals surface area contributed by atoms with Crippen LogP contribution in [0.1, 0.15) is 58.1 Å². The zero-order chi connectivity index (χ0) is 23.5. The quantitative estimate of drug-likeness (QED) is 0.564. The number of carbonyl (C=O) groups excluding carboxylic acids is 1. The van der Waals surface area contributed by atoms with Crippen LogP contribution in [0, 0.1) is 6.92 Å². The highest BCUT2D eigenvalue weighted by molar-refractivity contribution is 5.94. The van der Waals surface area contributed by atoms with Crippen molar-refractivity contribution in [3.8, 4) is 0 Å². The fraction of sp³-hybridized carbons (Fsp3) is 0.481. The number of benzene rings is 1. The van der Waals surface area contributed by atoms with Gasteiger partial charge in [-0.25, -0.2) is 0 Å². The third kappa shape index (κ3) is 5.26. The van der Waals surface area contributed by atoms with Crippen LogP contribution in [-0.4, -0.2) is 45.8 Å². The highest BCUT2D eigenvalue weighted by atomic mass is 16.3. The summed E-state index contributed by atoms with van der Waals surface area (Å²) in [4.78, 5) is 15.5. The van der Waals surface area contributed by atoms with E-state index in [1.165, 1.54) is 24.1 Å². The number of likely N-dealkylation sites (tertiary alicyclic amines) is 1. The predicted octanol–water partition coefficient (Wildman–Crippen LogP) is 3.36. The number of furan rings is 1. The summed E-state index contributed by atoms with van der Waals surface area (Å²) in [6, 6.07) is 15.5. The van der Waals surface area contributed by atoms with E-state index in [4.69, 9.17) is 4.42 Å². The average Bonchev–Trinajstić information content (AvgIpc) is 3.42. The number of nitrogens with one attached hydrogen (secondary N) is 2. The third-order valence-electron chi connectivity index (χ3n) is 7.20. The van der Waals surface area contributed by atoms with Crippen molar-refractivity contribution < 1.29 is 9.21 Å². The van der Waals surface area contributed by atoms with Gasteiger partial charge in [0.15, 0.2) is 5.69 Å². The molecule has 5 rings (SSSR count). The molecule has 1 saturated heterocycles. The second kappa shape index (κ2) is 10.2. The number of carbonyl (C=O) groups is 1. The highest BCUT2D eigenvalue weighted by Gasteiger charge is 2.30. The van der Waals surface area contributed by atoms with E-state index >= 15 is 0 Å². The van der Waals surface area contributed by atoms with E-state index in [0.717, 1.165) is 56.0 Å². The largest absolute Gasteiger partial charge is 0.465 e. The Balaban J connectivity index is 1.15. The fourth-order valence-electron chi connectivity index (χ4n) is 5.38. The molecule has 7 heteroatoms. The Morgan fingerprint density at radius 1 is 1.09 bits per heavy atom. The molecular formula is C27H35N5O2. The van der Waals surface area contributed by atoms with Crippen molar-refractivity contribution in [3.05, 3.63) is 76.5 Å². The minimum Gasteiger partial charge on any atom is -0.465 e. The van der Waals surface area contributed by atoms with Crippen LogP contribution in [0.5, 0.6) is 0 Å². The minimum atomic E-state index is -0.124. The van der Waals surface area contributed by atoms with E-state index in [-0.39, 0.29) is 5.91 Å². The van der Waals surface area contributed by atoms with Crippen LogP contribution in [0.15, 0.2) is 46.9 Å². The number of piperidine rings is 1. The van der Waals surface area contributed by atoms with Gasteiger partial charge in [0, 0.05) is 36.9 Å². The number of aromatic nitrogens is 2. The Morgan fingerprint density at radius 2 is 1.88 bits per heavy atom. The number of aryl methyl sites for hydroxylation is 2. The summed E-state index contributed by atoms with van der Waals surface area (Å²) in [5.74, 6) is 1.48. The molecule has 1 atom stereocenters. The summed E-state index contributed by atoms with van der Waals surface area (Å²) in [6.45, 7) is 5.56. The van der Waals surface area contributed by atoms with Gasteiger partial charge in [0.1, 0.15) is 11.5 Å². The zero-order valence-corrected chi connectivity index (χ0v) is 20.2. The van der Waals surface area contributed by atoms with E-state index in [0.29, 0.717) is 24.3 Å². The zero-order valence-electron chi connectivity index (χ0n) is 20.2. The van der Waals surface area contributed by atoms with Gasteiger partial charge in [0.2, 0.25) is 0 Å². The Kier molecular flexibility index (Phi) is 6.83. The molecule has 0 bridgehead atoms. The number of amides is 1.